The van der Waals surface area contributed by atoms with Gasteiger partial charge >= 0.3 is 0 Å². The minimum atomic E-state index is -0.630. The van der Waals surface area contributed by atoms with E-state index in [-0.39, 0.29) is 10.9 Å². The number of thioether (sulfide) groups is 1. The molecule has 1 nitrogen and oxygen atoms in total. The second kappa shape index (κ2) is 5.82. The molecule has 3 heteroatoms. The molecule has 2 aliphatic rings. The maximum absolute atomic E-state index is 13.0. The van der Waals surface area contributed by atoms with Crippen molar-refractivity contribution in [1.82, 2.24) is 0 Å². The fourth-order valence-electron chi connectivity index (χ4n) is 4.42. The maximum Gasteiger partial charge on any atom is 0.204 e. The normalized spacial score (nSPS) is 20.4. The van der Waals surface area contributed by atoms with Gasteiger partial charge in [-0.15, -0.1) is 0 Å². The molecule has 0 amide bonds. The van der Waals surface area contributed by atoms with Crippen LogP contribution in [0.1, 0.15) is 17.5 Å². The molecular weight excluding hydrogens is 343 g/mol. The molecule has 1 unspecified atom stereocenters. The Bertz CT molecular complexity index is 1130. The van der Waals surface area contributed by atoms with Gasteiger partial charge in [-0.1, -0.05) is 72.4 Å². The van der Waals surface area contributed by atoms with E-state index in [0.717, 1.165) is 28.5 Å². The van der Waals surface area contributed by atoms with Crippen LogP contribution in [0.3, 0.4) is 0 Å². The van der Waals surface area contributed by atoms with Crippen LogP contribution in [0.15, 0.2) is 66.3 Å². The van der Waals surface area contributed by atoms with E-state index in [1.165, 1.54) is 21.5 Å². The summed E-state index contributed by atoms with van der Waals surface area (Å²) in [7, 11) is 0. The molecule has 0 saturated heterocycles. The second-order valence-corrected chi connectivity index (χ2v) is 7.91. The maximum atomic E-state index is 13.0. The lowest BCUT2D eigenvalue weighted by Gasteiger charge is -2.27. The molecule has 1 atom stereocenters. The third kappa shape index (κ3) is 2.01. The van der Waals surface area contributed by atoms with Gasteiger partial charge in [0.25, 0.3) is 0 Å². The summed E-state index contributed by atoms with van der Waals surface area (Å²) in [6, 6.07) is 16.9. The Morgan fingerprint density at radius 3 is 2.77 bits per heavy atom. The summed E-state index contributed by atoms with van der Waals surface area (Å²) < 4.78 is 12.6. The summed E-state index contributed by atoms with van der Waals surface area (Å²) in [4.78, 5) is 13.0. The molecule has 5 rings (SSSR count). The van der Waals surface area contributed by atoms with Gasteiger partial charge in [-0.05, 0) is 50.7 Å². The van der Waals surface area contributed by atoms with Gasteiger partial charge in [0.15, 0.2) is 0 Å². The quantitative estimate of drug-likeness (QED) is 0.548. The Balaban J connectivity index is 1.76. The Kier molecular flexibility index (Phi) is 3.54. The van der Waals surface area contributed by atoms with E-state index < -0.39 is 12.1 Å². The first-order valence-electron chi connectivity index (χ1n) is 8.82. The van der Waals surface area contributed by atoms with Crippen LogP contribution >= 0.6 is 11.8 Å². The van der Waals surface area contributed by atoms with Crippen LogP contribution in [-0.2, 0) is 10.2 Å². The predicted molar refractivity (Wildman–Crippen MR) is 108 cm³/mol. The van der Waals surface area contributed by atoms with Gasteiger partial charge in [0, 0.05) is 5.75 Å². The standard InChI is InChI=1S/C23H17FOS/c24-12-13-26-22(25)23-11-3-5-16(23)14-20-19-8-7-15-4-1-2-6-17(15)18(19)9-10-21(20)23/h1-10,14H,11-13H2. The van der Waals surface area contributed by atoms with E-state index in [1.807, 2.05) is 0 Å². The van der Waals surface area contributed by atoms with Crippen molar-refractivity contribution in [3.05, 3.63) is 77.4 Å². The Morgan fingerprint density at radius 2 is 1.88 bits per heavy atom. The van der Waals surface area contributed by atoms with E-state index in [0.29, 0.717) is 6.42 Å². The van der Waals surface area contributed by atoms with Crippen molar-refractivity contribution in [2.45, 2.75) is 11.8 Å². The van der Waals surface area contributed by atoms with Crippen LogP contribution in [0.4, 0.5) is 4.39 Å². The Morgan fingerprint density at radius 1 is 1.04 bits per heavy atom. The molecular formula is C23H17FOS. The lowest BCUT2D eigenvalue weighted by molar-refractivity contribution is -0.114. The van der Waals surface area contributed by atoms with E-state index in [1.54, 1.807) is 0 Å². The van der Waals surface area contributed by atoms with Crippen molar-refractivity contribution in [2.75, 3.05) is 12.4 Å². The zero-order valence-electron chi connectivity index (χ0n) is 14.2. The molecule has 0 N–H and O–H groups in total. The molecule has 0 fully saturated rings. The molecule has 0 radical (unpaired) electrons. The zero-order valence-corrected chi connectivity index (χ0v) is 15.0. The third-order valence-corrected chi connectivity index (χ3v) is 6.57. The van der Waals surface area contributed by atoms with Crippen molar-refractivity contribution in [1.29, 1.82) is 0 Å². The first-order chi connectivity index (χ1) is 12.8. The zero-order chi connectivity index (χ0) is 17.7. The number of carbonyl (C=O) groups excluding carboxylic acids is 1. The number of carbonyl (C=O) groups is 1. The van der Waals surface area contributed by atoms with E-state index in [9.17, 15) is 9.18 Å². The smallest absolute Gasteiger partial charge is 0.204 e. The first-order valence-corrected chi connectivity index (χ1v) is 9.81. The Hall–Kier alpha value is -2.39. The highest BCUT2D eigenvalue weighted by atomic mass is 32.2. The van der Waals surface area contributed by atoms with Crippen LogP contribution < -0.4 is 0 Å². The first kappa shape index (κ1) is 15.8. The van der Waals surface area contributed by atoms with Crippen molar-refractivity contribution in [2.24, 2.45) is 0 Å². The number of benzene rings is 3. The lowest BCUT2D eigenvalue weighted by atomic mass is 9.78. The van der Waals surface area contributed by atoms with Gasteiger partial charge in [-0.3, -0.25) is 9.18 Å². The Labute approximate surface area is 155 Å². The summed E-state index contributed by atoms with van der Waals surface area (Å²) >= 11 is 1.12. The average molecular weight is 360 g/mol. The van der Waals surface area contributed by atoms with Gasteiger partial charge in [-0.25, -0.2) is 0 Å². The molecule has 0 saturated carbocycles. The number of fused-ring (bicyclic) bond motifs is 7. The molecule has 26 heavy (non-hydrogen) atoms. The number of rotatable bonds is 3. The van der Waals surface area contributed by atoms with Gasteiger partial charge in [0.2, 0.25) is 5.12 Å². The minimum Gasteiger partial charge on any atom is -0.286 e. The monoisotopic (exact) mass is 360 g/mol. The van der Waals surface area contributed by atoms with Gasteiger partial charge in [-0.2, -0.15) is 0 Å². The largest absolute Gasteiger partial charge is 0.286 e. The van der Waals surface area contributed by atoms with Gasteiger partial charge in [0.1, 0.15) is 0 Å². The molecule has 128 valence electrons. The topological polar surface area (TPSA) is 17.1 Å². The van der Waals surface area contributed by atoms with E-state index in [2.05, 4.69) is 66.8 Å². The van der Waals surface area contributed by atoms with Crippen molar-refractivity contribution in [3.63, 3.8) is 0 Å². The van der Waals surface area contributed by atoms with Gasteiger partial charge < -0.3 is 0 Å². The molecule has 0 aromatic heterocycles. The number of hydrogen-bond donors (Lipinski definition) is 0. The molecule has 0 bridgehead atoms. The SMILES string of the molecule is O=C(SCCF)C12CC=CC1=Cc1c2ccc2c1ccc1ccccc12. The third-order valence-electron chi connectivity index (χ3n) is 5.60. The van der Waals surface area contributed by atoms with Crippen molar-refractivity contribution >= 4 is 44.5 Å². The highest BCUT2D eigenvalue weighted by Gasteiger charge is 2.48. The number of alkyl halides is 1. The van der Waals surface area contributed by atoms with Crippen LogP contribution in [0.2, 0.25) is 0 Å². The molecule has 0 heterocycles. The molecule has 2 aliphatic carbocycles. The number of allylic oxidation sites excluding steroid dienone is 3. The summed E-state index contributed by atoms with van der Waals surface area (Å²) in [6.45, 7) is -0.477. The highest BCUT2D eigenvalue weighted by Crippen LogP contribution is 2.53. The number of hydrogen-bond acceptors (Lipinski definition) is 2. The van der Waals surface area contributed by atoms with Gasteiger partial charge in [0.05, 0.1) is 12.1 Å². The summed E-state index contributed by atoms with van der Waals surface area (Å²) in [5.74, 6) is 0.224. The van der Waals surface area contributed by atoms with Crippen LogP contribution in [-0.4, -0.2) is 17.5 Å². The second-order valence-electron chi connectivity index (χ2n) is 6.85. The van der Waals surface area contributed by atoms with Crippen molar-refractivity contribution < 1.29 is 9.18 Å². The predicted octanol–water partition coefficient (Wildman–Crippen LogP) is 5.82. The average Bonchev–Trinajstić information content (AvgIpc) is 3.23. The fraction of sp³-hybridized carbons (Fsp3) is 0.174. The molecule has 3 aromatic carbocycles. The summed E-state index contributed by atoms with van der Waals surface area (Å²) in [5.41, 5.74) is 2.62. The minimum absolute atomic E-state index is 0.0605. The molecule has 0 aliphatic heterocycles. The highest BCUT2D eigenvalue weighted by molar-refractivity contribution is 8.13. The molecule has 3 aromatic rings. The lowest BCUT2D eigenvalue weighted by Crippen LogP contribution is -2.31. The van der Waals surface area contributed by atoms with Crippen LogP contribution in [0.5, 0.6) is 0 Å². The van der Waals surface area contributed by atoms with Crippen molar-refractivity contribution in [3.8, 4) is 0 Å². The number of halogens is 1. The summed E-state index contributed by atoms with van der Waals surface area (Å²) in [6.07, 6.45) is 6.95. The van der Waals surface area contributed by atoms with E-state index in [4.69, 9.17) is 0 Å². The van der Waals surface area contributed by atoms with E-state index >= 15 is 0 Å². The van der Waals surface area contributed by atoms with Crippen LogP contribution in [0.25, 0.3) is 27.6 Å². The van der Waals surface area contributed by atoms with Crippen LogP contribution in [0, 0.1) is 0 Å². The summed E-state index contributed by atoms with van der Waals surface area (Å²) in [5, 5.41) is 4.90. The fourth-order valence-corrected chi connectivity index (χ4v) is 5.24. The molecule has 0 spiro atoms.